The van der Waals surface area contributed by atoms with Crippen molar-refractivity contribution in [3.63, 3.8) is 0 Å². The number of hydrogen-bond acceptors (Lipinski definition) is 2. The minimum atomic E-state index is -0.376. The van der Waals surface area contributed by atoms with E-state index in [-0.39, 0.29) is 12.7 Å². The SMILES string of the molecule is CCNC(=O)OCc1ccc2c(c1)c1ccccc1n2CC. The van der Waals surface area contributed by atoms with E-state index in [0.717, 1.165) is 12.1 Å². The highest BCUT2D eigenvalue weighted by Crippen LogP contribution is 2.29. The molecule has 0 unspecified atom stereocenters. The monoisotopic (exact) mass is 296 g/mol. The van der Waals surface area contributed by atoms with E-state index in [9.17, 15) is 4.79 Å². The zero-order chi connectivity index (χ0) is 15.5. The molecule has 114 valence electrons. The summed E-state index contributed by atoms with van der Waals surface area (Å²) in [5.74, 6) is 0. The molecule has 0 atom stereocenters. The van der Waals surface area contributed by atoms with Crippen LogP contribution in [0.5, 0.6) is 0 Å². The van der Waals surface area contributed by atoms with Crippen LogP contribution in [0.1, 0.15) is 19.4 Å². The maximum absolute atomic E-state index is 11.4. The molecule has 1 N–H and O–H groups in total. The van der Waals surface area contributed by atoms with Gasteiger partial charge >= 0.3 is 6.09 Å². The molecule has 0 saturated heterocycles. The van der Waals surface area contributed by atoms with Gasteiger partial charge in [0.1, 0.15) is 6.61 Å². The highest BCUT2D eigenvalue weighted by molar-refractivity contribution is 6.08. The quantitative estimate of drug-likeness (QED) is 0.789. The molecule has 4 nitrogen and oxygen atoms in total. The largest absolute Gasteiger partial charge is 0.445 e. The highest BCUT2D eigenvalue weighted by Gasteiger charge is 2.10. The third kappa shape index (κ3) is 2.52. The second kappa shape index (κ2) is 6.10. The molecule has 0 aliphatic carbocycles. The molecule has 1 heterocycles. The number of carbonyl (C=O) groups excluding carboxylic acids is 1. The van der Waals surface area contributed by atoms with E-state index in [2.05, 4.69) is 53.2 Å². The number of aromatic nitrogens is 1. The van der Waals surface area contributed by atoms with Gasteiger partial charge in [-0.25, -0.2) is 4.79 Å². The normalized spacial score (nSPS) is 11.0. The topological polar surface area (TPSA) is 43.3 Å². The van der Waals surface area contributed by atoms with Gasteiger partial charge in [-0.1, -0.05) is 24.3 Å². The summed E-state index contributed by atoms with van der Waals surface area (Å²) in [5.41, 5.74) is 3.45. The molecule has 0 saturated carbocycles. The number of rotatable bonds is 4. The zero-order valence-corrected chi connectivity index (χ0v) is 12.9. The van der Waals surface area contributed by atoms with Crippen LogP contribution in [0.15, 0.2) is 42.5 Å². The maximum atomic E-state index is 11.4. The second-order valence-corrected chi connectivity index (χ2v) is 5.22. The van der Waals surface area contributed by atoms with Crippen molar-refractivity contribution in [2.45, 2.75) is 27.0 Å². The Morgan fingerprint density at radius 1 is 1.09 bits per heavy atom. The van der Waals surface area contributed by atoms with Crippen LogP contribution >= 0.6 is 0 Å². The number of alkyl carbamates (subject to hydrolysis) is 1. The number of nitrogens with one attached hydrogen (secondary N) is 1. The number of hydrogen-bond donors (Lipinski definition) is 1. The lowest BCUT2D eigenvalue weighted by molar-refractivity contribution is 0.140. The first kappa shape index (κ1) is 14.4. The van der Waals surface area contributed by atoms with Crippen LogP contribution in [0.4, 0.5) is 4.79 Å². The fourth-order valence-corrected chi connectivity index (χ4v) is 2.88. The Kier molecular flexibility index (Phi) is 4.00. The molecular weight excluding hydrogens is 276 g/mol. The van der Waals surface area contributed by atoms with Gasteiger partial charge < -0.3 is 14.6 Å². The number of fused-ring (bicyclic) bond motifs is 3. The summed E-state index contributed by atoms with van der Waals surface area (Å²) in [6, 6.07) is 14.6. The van der Waals surface area contributed by atoms with Crippen LogP contribution in [-0.4, -0.2) is 17.2 Å². The van der Waals surface area contributed by atoms with Gasteiger partial charge in [0.05, 0.1) is 0 Å². The Labute approximate surface area is 129 Å². The number of amides is 1. The van der Waals surface area contributed by atoms with E-state index in [1.54, 1.807) is 0 Å². The van der Waals surface area contributed by atoms with Crippen LogP contribution < -0.4 is 5.32 Å². The predicted molar refractivity (Wildman–Crippen MR) is 89.0 cm³/mol. The van der Waals surface area contributed by atoms with E-state index in [1.165, 1.54) is 21.8 Å². The average molecular weight is 296 g/mol. The van der Waals surface area contributed by atoms with Crippen molar-refractivity contribution in [2.75, 3.05) is 6.54 Å². The molecule has 0 aliphatic heterocycles. The van der Waals surface area contributed by atoms with E-state index in [0.29, 0.717) is 6.54 Å². The van der Waals surface area contributed by atoms with E-state index in [4.69, 9.17) is 4.74 Å². The Balaban J connectivity index is 1.99. The van der Waals surface area contributed by atoms with Crippen molar-refractivity contribution in [2.24, 2.45) is 0 Å². The standard InChI is InChI=1S/C18H20N2O2/c1-3-19-18(21)22-12-13-9-10-17-15(11-13)14-7-5-6-8-16(14)20(17)4-2/h5-11H,3-4,12H2,1-2H3,(H,19,21). The summed E-state index contributed by atoms with van der Waals surface area (Å²) >= 11 is 0. The first-order valence-corrected chi connectivity index (χ1v) is 7.65. The zero-order valence-electron chi connectivity index (χ0n) is 12.9. The molecule has 1 amide bonds. The molecule has 1 aromatic heterocycles. The number of ether oxygens (including phenoxy) is 1. The van der Waals surface area contributed by atoms with Gasteiger partial charge in [-0.3, -0.25) is 0 Å². The molecule has 0 aliphatic rings. The summed E-state index contributed by atoms with van der Waals surface area (Å²) in [4.78, 5) is 11.4. The highest BCUT2D eigenvalue weighted by atomic mass is 16.5. The third-order valence-corrected chi connectivity index (χ3v) is 3.84. The fraction of sp³-hybridized carbons (Fsp3) is 0.278. The lowest BCUT2D eigenvalue weighted by Gasteiger charge is -2.06. The number of nitrogens with zero attached hydrogens (tertiary/aromatic N) is 1. The van der Waals surface area contributed by atoms with Gasteiger partial charge in [-0.2, -0.15) is 0 Å². The van der Waals surface area contributed by atoms with Gasteiger partial charge in [-0.15, -0.1) is 0 Å². The Hall–Kier alpha value is -2.49. The van der Waals surface area contributed by atoms with Gasteiger partial charge in [0.25, 0.3) is 0 Å². The molecule has 0 fully saturated rings. The smallest absolute Gasteiger partial charge is 0.407 e. The number of aryl methyl sites for hydroxylation is 1. The third-order valence-electron chi connectivity index (χ3n) is 3.84. The lowest BCUT2D eigenvalue weighted by atomic mass is 10.1. The van der Waals surface area contributed by atoms with Crippen molar-refractivity contribution in [1.82, 2.24) is 9.88 Å². The summed E-state index contributed by atoms with van der Waals surface area (Å²) in [5, 5.41) is 5.07. The fourth-order valence-electron chi connectivity index (χ4n) is 2.88. The molecular formula is C18H20N2O2. The van der Waals surface area contributed by atoms with Gasteiger partial charge in [0.15, 0.2) is 0 Å². The Morgan fingerprint density at radius 2 is 1.86 bits per heavy atom. The molecule has 22 heavy (non-hydrogen) atoms. The van der Waals surface area contributed by atoms with Crippen molar-refractivity contribution in [3.8, 4) is 0 Å². The molecule has 2 aromatic carbocycles. The summed E-state index contributed by atoms with van der Waals surface area (Å²) in [7, 11) is 0. The van der Waals surface area contributed by atoms with Crippen LogP contribution in [0, 0.1) is 0 Å². The van der Waals surface area contributed by atoms with E-state index >= 15 is 0 Å². The Bertz CT molecular complexity index is 820. The van der Waals surface area contributed by atoms with Crippen molar-refractivity contribution >= 4 is 27.9 Å². The number of para-hydroxylation sites is 1. The number of carbonyl (C=O) groups is 1. The van der Waals surface area contributed by atoms with Gasteiger partial charge in [-0.05, 0) is 37.6 Å². The molecule has 4 heteroatoms. The predicted octanol–water partition coefficient (Wildman–Crippen LogP) is 4.06. The first-order chi connectivity index (χ1) is 10.7. The second-order valence-electron chi connectivity index (χ2n) is 5.22. The Morgan fingerprint density at radius 3 is 2.64 bits per heavy atom. The summed E-state index contributed by atoms with van der Waals surface area (Å²) in [6.07, 6.45) is -0.376. The molecule has 0 bridgehead atoms. The lowest BCUT2D eigenvalue weighted by Crippen LogP contribution is -2.23. The molecule has 0 spiro atoms. The minimum Gasteiger partial charge on any atom is -0.445 e. The van der Waals surface area contributed by atoms with Crippen molar-refractivity contribution in [1.29, 1.82) is 0 Å². The average Bonchev–Trinajstić information content (AvgIpc) is 2.86. The van der Waals surface area contributed by atoms with Gasteiger partial charge in [0, 0.05) is 34.9 Å². The van der Waals surface area contributed by atoms with E-state index < -0.39 is 0 Å². The van der Waals surface area contributed by atoms with Crippen LogP contribution in [0.3, 0.4) is 0 Å². The number of benzene rings is 2. The van der Waals surface area contributed by atoms with Crippen molar-refractivity contribution in [3.05, 3.63) is 48.0 Å². The van der Waals surface area contributed by atoms with Crippen LogP contribution in [0.2, 0.25) is 0 Å². The van der Waals surface area contributed by atoms with E-state index in [1.807, 2.05) is 13.0 Å². The minimum absolute atomic E-state index is 0.285. The molecule has 0 radical (unpaired) electrons. The first-order valence-electron chi connectivity index (χ1n) is 7.65. The van der Waals surface area contributed by atoms with Crippen LogP contribution in [0.25, 0.3) is 21.8 Å². The molecule has 3 rings (SSSR count). The maximum Gasteiger partial charge on any atom is 0.407 e. The van der Waals surface area contributed by atoms with Crippen LogP contribution in [-0.2, 0) is 17.9 Å². The van der Waals surface area contributed by atoms with Gasteiger partial charge in [0.2, 0.25) is 0 Å². The summed E-state index contributed by atoms with van der Waals surface area (Å²) in [6.45, 7) is 5.80. The molecule has 3 aromatic rings. The summed E-state index contributed by atoms with van der Waals surface area (Å²) < 4.78 is 7.51. The van der Waals surface area contributed by atoms with Crippen molar-refractivity contribution < 1.29 is 9.53 Å².